The van der Waals surface area contributed by atoms with Crippen LogP contribution in [0.1, 0.15) is 193 Å². The Bertz CT molecular complexity index is 4510. The smallest absolute Gasteiger partial charge is 0.283 e. The summed E-state index contributed by atoms with van der Waals surface area (Å²) in [6.07, 6.45) is -0.250. The number of nitrogens with zero attached hydrogens (tertiary/aromatic N) is 4. The van der Waals surface area contributed by atoms with Gasteiger partial charge in [-0.05, 0) is 76.3 Å². The highest BCUT2D eigenvalue weighted by Gasteiger charge is 2.74. The maximum Gasteiger partial charge on any atom is 0.283 e. The highest BCUT2D eigenvalue weighted by atomic mass is 35.5. The van der Waals surface area contributed by atoms with E-state index in [0.29, 0.717) is 22.8 Å². The van der Waals surface area contributed by atoms with Crippen LogP contribution in [-0.4, -0.2) is 74.1 Å². The highest BCUT2D eigenvalue weighted by Crippen LogP contribution is 2.65. The number of nitro benzene ring substituents is 4. The van der Waals surface area contributed by atoms with Crippen molar-refractivity contribution in [3.8, 4) is 23.0 Å². The van der Waals surface area contributed by atoms with Gasteiger partial charge in [0, 0.05) is 63.2 Å². The van der Waals surface area contributed by atoms with Crippen LogP contribution in [0.15, 0.2) is 152 Å². The Hall–Kier alpha value is -11.0. The molecule has 3 heterocycles. The molecule has 0 fully saturated rings. The van der Waals surface area contributed by atoms with Gasteiger partial charge in [-0.2, -0.15) is 0 Å². The molecule has 6 unspecified atom stereocenters. The third-order valence-electron chi connectivity index (χ3n) is 18.6. The molecule has 0 saturated carbocycles. The standard InChI is InChI=1S/C18H14ClNO5.C18H16N2O5.C18H15NO6.C9H5NO4.C9H12O/c2*1-9(2)10-6-7-12-14(8-10)25-18(22)15-11(16(21)17(12,18)19)4-3-5-13(15)20(23)24;1-9(2)10-6-7-12-14(8-10)25-18(22)15-11(16(20)17(12,18)21)4-3-5-13(15)19(23)24;11-7-4-8(12)9-5(7)2-1-3-6(9)10(13)14;1-7(2)8-4-3-5-9(10)6-8/h3-9,22H,1-2H3;3-9,22H,19H2,1-2H3;3-9,21-22H,1-2H3;1-3H,4H2;3-7,10H,1-2H3. The molecule has 99 heavy (non-hydrogen) atoms. The molecule has 0 amide bonds. The maximum absolute atomic E-state index is 13.0. The number of halogens is 1. The Morgan fingerprint density at radius 1 is 0.424 bits per heavy atom. The number of phenols is 1. The van der Waals surface area contributed by atoms with E-state index in [1.807, 2.05) is 65.8 Å². The summed E-state index contributed by atoms with van der Waals surface area (Å²) in [5.74, 6) is -7.86. The van der Waals surface area contributed by atoms with Gasteiger partial charge >= 0.3 is 0 Å². The quantitative estimate of drug-likeness (QED) is 0.0356. The highest BCUT2D eigenvalue weighted by molar-refractivity contribution is 6.41. The van der Waals surface area contributed by atoms with Crippen LogP contribution in [0.3, 0.4) is 0 Å². The molecule has 15 rings (SSSR count). The van der Waals surface area contributed by atoms with Gasteiger partial charge in [-0.25, -0.2) is 0 Å². The van der Waals surface area contributed by atoms with E-state index in [1.54, 1.807) is 48.5 Å². The second kappa shape index (κ2) is 24.5. The molecule has 3 aliphatic heterocycles. The van der Waals surface area contributed by atoms with Gasteiger partial charge in [0.1, 0.15) is 45.3 Å². The van der Waals surface area contributed by atoms with Gasteiger partial charge in [-0.1, -0.05) is 164 Å². The Labute approximate surface area is 567 Å². The van der Waals surface area contributed by atoms with E-state index in [2.05, 4.69) is 13.8 Å². The summed E-state index contributed by atoms with van der Waals surface area (Å²) in [6, 6.07) is 38.6. The van der Waals surface area contributed by atoms with Crippen molar-refractivity contribution in [1.82, 2.24) is 0 Å². The summed E-state index contributed by atoms with van der Waals surface area (Å²) in [6.45, 7) is 16.1. The van der Waals surface area contributed by atoms with Crippen molar-refractivity contribution in [2.24, 2.45) is 5.73 Å². The number of fused-ring (bicyclic) bond motifs is 16. The predicted octanol–water partition coefficient (Wildman–Crippen LogP) is 12.1. The lowest BCUT2D eigenvalue weighted by atomic mass is 9.83. The lowest BCUT2D eigenvalue weighted by Crippen LogP contribution is -2.55. The fourth-order valence-electron chi connectivity index (χ4n) is 13.4. The number of ketones is 5. The molecular weight excluding hydrogens is 1310 g/mol. The third kappa shape index (κ3) is 10.4. The average molecular weight is 1370 g/mol. The zero-order valence-corrected chi connectivity index (χ0v) is 54.7. The number of alkyl halides is 1. The number of carbonyl (C=O) groups is 5. The minimum Gasteiger partial charge on any atom is -0.508 e. The van der Waals surface area contributed by atoms with E-state index in [9.17, 15) is 84.9 Å². The summed E-state index contributed by atoms with van der Waals surface area (Å²) in [7, 11) is 0. The van der Waals surface area contributed by atoms with Crippen molar-refractivity contribution in [3.63, 3.8) is 0 Å². The molecule has 8 aromatic rings. The largest absolute Gasteiger partial charge is 0.508 e. The van der Waals surface area contributed by atoms with Gasteiger partial charge in [0.15, 0.2) is 28.7 Å². The van der Waals surface area contributed by atoms with Crippen LogP contribution in [0, 0.1) is 40.5 Å². The van der Waals surface area contributed by atoms with E-state index >= 15 is 0 Å². The van der Waals surface area contributed by atoms with Crippen molar-refractivity contribution in [2.75, 3.05) is 0 Å². The van der Waals surface area contributed by atoms with E-state index in [0.717, 1.165) is 16.7 Å². The lowest BCUT2D eigenvalue weighted by molar-refractivity contribution is -0.388. The molecule has 0 spiro atoms. The Morgan fingerprint density at radius 3 is 1.25 bits per heavy atom. The van der Waals surface area contributed by atoms with Gasteiger partial charge in [0.2, 0.25) is 16.3 Å². The van der Waals surface area contributed by atoms with Gasteiger partial charge in [0.25, 0.3) is 40.1 Å². The number of aliphatic hydroxyl groups is 4. The number of hydrogen-bond donors (Lipinski definition) is 6. The number of hydrogen-bond acceptors (Lipinski definition) is 22. The molecule has 6 atom stereocenters. The van der Waals surface area contributed by atoms with Crippen LogP contribution in [-0.2, 0) is 33.4 Å². The van der Waals surface area contributed by atoms with Crippen LogP contribution in [0.2, 0.25) is 0 Å². The third-order valence-corrected chi connectivity index (χ3v) is 19.2. The van der Waals surface area contributed by atoms with E-state index in [1.165, 1.54) is 84.4 Å². The van der Waals surface area contributed by atoms with Crippen LogP contribution < -0.4 is 19.9 Å². The number of benzene rings is 8. The van der Waals surface area contributed by atoms with Crippen molar-refractivity contribution in [3.05, 3.63) is 276 Å². The minimum atomic E-state index is -2.53. The number of nitrogens with two attached hydrogens (primary N) is 1. The van der Waals surface area contributed by atoms with Gasteiger partial charge < -0.3 is 45.5 Å². The fourth-order valence-corrected chi connectivity index (χ4v) is 13.8. The second-order valence-corrected chi connectivity index (χ2v) is 26.3. The van der Waals surface area contributed by atoms with E-state index in [-0.39, 0.29) is 103 Å². The van der Waals surface area contributed by atoms with E-state index < -0.39 is 93.3 Å². The number of nitro groups is 4. The van der Waals surface area contributed by atoms with Crippen LogP contribution in [0.5, 0.6) is 23.0 Å². The Kier molecular flexibility index (Phi) is 17.2. The normalized spacial score (nSPS) is 22.9. The van der Waals surface area contributed by atoms with Crippen LogP contribution >= 0.6 is 11.6 Å². The molecule has 0 radical (unpaired) electrons. The van der Waals surface area contributed by atoms with Gasteiger partial charge in [-0.3, -0.25) is 64.4 Å². The number of aromatic hydroxyl groups is 1. The molecule has 8 aromatic carbocycles. The van der Waals surface area contributed by atoms with Crippen molar-refractivity contribution >= 4 is 63.3 Å². The first-order valence-electron chi connectivity index (χ1n) is 30.9. The fraction of sp³-hybridized carbons (Fsp3) is 0.264. The van der Waals surface area contributed by atoms with Crippen molar-refractivity contribution in [1.29, 1.82) is 0 Å². The van der Waals surface area contributed by atoms with E-state index in [4.69, 9.17) is 36.7 Å². The Morgan fingerprint density at radius 2 is 0.788 bits per heavy atom. The molecule has 7 aliphatic rings. The Balaban J connectivity index is 0.000000129. The summed E-state index contributed by atoms with van der Waals surface area (Å²) in [5.41, 5.74) is 4.55. The first kappa shape index (κ1) is 69.4. The molecule has 0 aromatic heterocycles. The topological polar surface area (TPSA) is 413 Å². The zero-order valence-electron chi connectivity index (χ0n) is 54.0. The first-order chi connectivity index (χ1) is 46.4. The average Bonchev–Trinajstić information content (AvgIpc) is 1.53. The molecule has 27 heteroatoms. The minimum absolute atomic E-state index is 0.00489. The molecule has 4 aliphatic carbocycles. The number of rotatable bonds is 8. The summed E-state index contributed by atoms with van der Waals surface area (Å²) < 4.78 is 17.0. The predicted molar refractivity (Wildman–Crippen MR) is 353 cm³/mol. The van der Waals surface area contributed by atoms with Crippen LogP contribution in [0.25, 0.3) is 0 Å². The second-order valence-electron chi connectivity index (χ2n) is 25.7. The number of carbonyl (C=O) groups excluding carboxylic acids is 5. The molecule has 26 nitrogen and oxygen atoms in total. The molecule has 7 N–H and O–H groups in total. The van der Waals surface area contributed by atoms with Gasteiger partial charge in [-0.15, -0.1) is 0 Å². The molecular formula is C72H62ClN5O21. The monoisotopic (exact) mass is 1370 g/mol. The molecule has 0 saturated heterocycles. The van der Waals surface area contributed by atoms with Gasteiger partial charge in [0.05, 0.1) is 26.1 Å². The maximum atomic E-state index is 13.0. The molecule has 508 valence electrons. The number of phenolic OH excluding ortho intramolecular Hbond substituents is 1. The summed E-state index contributed by atoms with van der Waals surface area (Å²) >= 11 is 6.62. The molecule has 0 bridgehead atoms. The van der Waals surface area contributed by atoms with Crippen molar-refractivity contribution < 1.29 is 83.4 Å². The summed E-state index contributed by atoms with van der Waals surface area (Å²) in [5, 5.41) is 98.4. The summed E-state index contributed by atoms with van der Waals surface area (Å²) in [4.78, 5) is 101. The number of Topliss-reactive ketones (excluding diaryl/α,β-unsaturated/α-hetero) is 5. The first-order valence-corrected chi connectivity index (χ1v) is 31.3. The van der Waals surface area contributed by atoms with Crippen molar-refractivity contribution in [2.45, 2.75) is 119 Å². The number of ether oxygens (including phenoxy) is 3. The van der Waals surface area contributed by atoms with Crippen LogP contribution in [0.4, 0.5) is 22.7 Å². The zero-order chi connectivity index (χ0) is 72.3. The lowest BCUT2D eigenvalue weighted by Gasteiger charge is -2.29. The SMILES string of the molecule is CC(C)c1ccc2c(c1)OC1(O)c3c(cccc3[N+](=O)[O-])C(=O)C21Cl.CC(C)c1ccc2c(c1)OC1(O)c3c(cccc3[N+](=O)[O-])C(=O)C21N.CC(C)c1ccc2c(c1)OC1(O)c3c(cccc3[N+](=O)[O-])C(=O)C21O.CC(C)c1cccc(O)c1.O=C1CC(=O)c2c1cccc2[N+](=O)[O-].